The van der Waals surface area contributed by atoms with E-state index >= 15 is 0 Å². The van der Waals surface area contributed by atoms with Crippen molar-refractivity contribution in [2.75, 3.05) is 23.5 Å². The van der Waals surface area contributed by atoms with E-state index < -0.39 is 4.92 Å². The number of aromatic nitrogens is 2. The minimum Gasteiger partial charge on any atom is -0.497 e. The van der Waals surface area contributed by atoms with Crippen LogP contribution in [0.1, 0.15) is 10.4 Å². The monoisotopic (exact) mass is 445 g/mol. The zero-order valence-corrected chi connectivity index (χ0v) is 17.2. The molecule has 2 aromatic carbocycles. The Morgan fingerprint density at radius 3 is 2.73 bits per heavy atom. The molecule has 0 bridgehead atoms. The second-order valence-corrected chi connectivity index (χ2v) is 7.90. The van der Waals surface area contributed by atoms with Gasteiger partial charge in [0, 0.05) is 23.4 Å². The molecule has 1 heterocycles. The van der Waals surface area contributed by atoms with Gasteiger partial charge in [0.05, 0.1) is 17.8 Å². The Bertz CT molecular complexity index is 1090. The fourth-order valence-electron chi connectivity index (χ4n) is 2.27. The third kappa shape index (κ3) is 5.75. The summed E-state index contributed by atoms with van der Waals surface area (Å²) in [6, 6.07) is 12.4. The van der Waals surface area contributed by atoms with E-state index in [4.69, 9.17) is 4.74 Å². The lowest BCUT2D eigenvalue weighted by molar-refractivity contribution is -0.384. The Kier molecular flexibility index (Phi) is 6.93. The zero-order chi connectivity index (χ0) is 21.5. The summed E-state index contributed by atoms with van der Waals surface area (Å²) >= 11 is 2.26. The summed E-state index contributed by atoms with van der Waals surface area (Å²) < 4.78 is 5.59. The number of ether oxygens (including phenoxy) is 1. The number of hydrogen-bond acceptors (Lipinski definition) is 9. The topological polar surface area (TPSA) is 136 Å². The lowest BCUT2D eigenvalue weighted by Gasteiger charge is -2.04. The van der Waals surface area contributed by atoms with E-state index in [9.17, 15) is 19.7 Å². The number of thioether (sulfide) groups is 1. The Labute approximate surface area is 178 Å². The van der Waals surface area contributed by atoms with Crippen molar-refractivity contribution < 1.29 is 19.2 Å². The first-order chi connectivity index (χ1) is 14.4. The Hall–Kier alpha value is -3.51. The quantitative estimate of drug-likeness (QED) is 0.233. The minimum absolute atomic E-state index is 0.0289. The van der Waals surface area contributed by atoms with Crippen LogP contribution >= 0.6 is 23.1 Å². The van der Waals surface area contributed by atoms with Gasteiger partial charge in [0.25, 0.3) is 11.6 Å². The first kappa shape index (κ1) is 21.2. The summed E-state index contributed by atoms with van der Waals surface area (Å²) in [6.07, 6.45) is 0. The second kappa shape index (κ2) is 9.80. The summed E-state index contributed by atoms with van der Waals surface area (Å²) in [7, 11) is 1.51. The van der Waals surface area contributed by atoms with Crippen molar-refractivity contribution in [3.63, 3.8) is 0 Å². The normalized spacial score (nSPS) is 10.3. The average molecular weight is 445 g/mol. The summed E-state index contributed by atoms with van der Waals surface area (Å²) in [5.41, 5.74) is 0.634. The van der Waals surface area contributed by atoms with E-state index in [-0.39, 0.29) is 23.3 Å². The molecule has 0 unspecified atom stereocenters. The lowest BCUT2D eigenvalue weighted by Crippen LogP contribution is -2.14. The SMILES string of the molecule is COc1cccc(C(=O)Nc2nnc(SCC(=O)Nc3cccc([N+](=O)[O-])c3)s2)c1. The highest BCUT2D eigenvalue weighted by molar-refractivity contribution is 8.01. The number of non-ortho nitro benzene ring substituents is 1. The number of benzene rings is 2. The minimum atomic E-state index is -0.535. The van der Waals surface area contributed by atoms with Gasteiger partial charge in [-0.1, -0.05) is 35.2 Å². The van der Waals surface area contributed by atoms with Crippen LogP contribution in [0.15, 0.2) is 52.9 Å². The fourth-order valence-corrected chi connectivity index (χ4v) is 3.82. The van der Waals surface area contributed by atoms with Gasteiger partial charge in [-0.15, -0.1) is 10.2 Å². The predicted octanol–water partition coefficient (Wildman–Crippen LogP) is 3.44. The second-order valence-electron chi connectivity index (χ2n) is 5.70. The molecule has 2 N–H and O–H groups in total. The van der Waals surface area contributed by atoms with Gasteiger partial charge in [0.1, 0.15) is 5.75 Å². The summed E-state index contributed by atoms with van der Waals surface area (Å²) in [4.78, 5) is 34.6. The lowest BCUT2D eigenvalue weighted by atomic mass is 10.2. The molecular weight excluding hydrogens is 430 g/mol. The van der Waals surface area contributed by atoms with Gasteiger partial charge in [0.15, 0.2) is 4.34 Å². The van der Waals surface area contributed by atoms with Gasteiger partial charge in [-0.2, -0.15) is 0 Å². The highest BCUT2D eigenvalue weighted by Gasteiger charge is 2.13. The van der Waals surface area contributed by atoms with Gasteiger partial charge in [0.2, 0.25) is 11.0 Å². The van der Waals surface area contributed by atoms with Crippen molar-refractivity contribution in [1.29, 1.82) is 0 Å². The predicted molar refractivity (Wildman–Crippen MR) is 113 cm³/mol. The number of hydrogen-bond donors (Lipinski definition) is 2. The Balaban J connectivity index is 1.52. The van der Waals surface area contributed by atoms with Crippen molar-refractivity contribution >= 4 is 51.4 Å². The number of rotatable bonds is 8. The molecule has 3 aromatic rings. The van der Waals surface area contributed by atoms with Crippen molar-refractivity contribution in [3.05, 3.63) is 64.2 Å². The molecule has 154 valence electrons. The van der Waals surface area contributed by atoms with Crippen molar-refractivity contribution in [2.24, 2.45) is 0 Å². The van der Waals surface area contributed by atoms with Gasteiger partial charge in [-0.05, 0) is 24.3 Å². The number of methoxy groups -OCH3 is 1. The first-order valence-corrected chi connectivity index (χ1v) is 10.2. The number of nitro benzene ring substituents is 1. The van der Waals surface area contributed by atoms with E-state index in [2.05, 4.69) is 20.8 Å². The molecule has 0 aliphatic rings. The number of amides is 2. The van der Waals surface area contributed by atoms with Crippen LogP contribution in [-0.2, 0) is 4.79 Å². The number of nitrogens with zero attached hydrogens (tertiary/aromatic N) is 3. The summed E-state index contributed by atoms with van der Waals surface area (Å²) in [5, 5.41) is 24.2. The Morgan fingerprint density at radius 1 is 1.17 bits per heavy atom. The molecule has 0 spiro atoms. The molecule has 0 fully saturated rings. The van der Waals surface area contributed by atoms with E-state index in [0.717, 1.165) is 23.1 Å². The van der Waals surface area contributed by atoms with Crippen LogP contribution in [0.25, 0.3) is 0 Å². The van der Waals surface area contributed by atoms with Crippen LogP contribution in [0.2, 0.25) is 0 Å². The number of carbonyl (C=O) groups is 2. The largest absolute Gasteiger partial charge is 0.497 e. The van der Waals surface area contributed by atoms with Gasteiger partial charge in [-0.25, -0.2) is 0 Å². The number of nitro groups is 1. The van der Waals surface area contributed by atoms with Crippen LogP contribution in [0.3, 0.4) is 0 Å². The van der Waals surface area contributed by atoms with Crippen LogP contribution < -0.4 is 15.4 Å². The third-order valence-electron chi connectivity index (χ3n) is 3.63. The maximum atomic E-state index is 12.3. The number of anilines is 2. The first-order valence-electron chi connectivity index (χ1n) is 8.40. The zero-order valence-electron chi connectivity index (χ0n) is 15.5. The van der Waals surface area contributed by atoms with Crippen molar-refractivity contribution in [1.82, 2.24) is 10.2 Å². The van der Waals surface area contributed by atoms with Crippen LogP contribution in [0, 0.1) is 10.1 Å². The van der Waals surface area contributed by atoms with Gasteiger partial charge >= 0.3 is 0 Å². The van der Waals surface area contributed by atoms with Gasteiger partial charge in [-0.3, -0.25) is 25.0 Å². The van der Waals surface area contributed by atoms with E-state index in [1.807, 2.05) is 0 Å². The number of nitrogens with one attached hydrogen (secondary N) is 2. The Morgan fingerprint density at radius 2 is 1.97 bits per heavy atom. The fraction of sp³-hybridized carbons (Fsp3) is 0.111. The van der Waals surface area contributed by atoms with Crippen molar-refractivity contribution in [2.45, 2.75) is 4.34 Å². The van der Waals surface area contributed by atoms with Crippen molar-refractivity contribution in [3.8, 4) is 5.75 Å². The average Bonchev–Trinajstić information content (AvgIpc) is 3.19. The van der Waals surface area contributed by atoms with Gasteiger partial charge < -0.3 is 10.1 Å². The maximum Gasteiger partial charge on any atom is 0.271 e. The van der Waals surface area contributed by atoms with E-state index in [1.54, 1.807) is 30.3 Å². The molecule has 0 radical (unpaired) electrons. The molecule has 2 amide bonds. The summed E-state index contributed by atoms with van der Waals surface area (Å²) in [5.74, 6) is -0.116. The molecule has 0 saturated carbocycles. The smallest absolute Gasteiger partial charge is 0.271 e. The molecule has 12 heteroatoms. The molecule has 10 nitrogen and oxygen atoms in total. The van der Waals surface area contributed by atoms with Crippen LogP contribution in [-0.4, -0.2) is 39.8 Å². The van der Waals surface area contributed by atoms with Crippen LogP contribution in [0.5, 0.6) is 5.75 Å². The summed E-state index contributed by atoms with van der Waals surface area (Å²) in [6.45, 7) is 0. The van der Waals surface area contributed by atoms with Crippen LogP contribution in [0.4, 0.5) is 16.5 Å². The molecule has 30 heavy (non-hydrogen) atoms. The molecule has 0 saturated heterocycles. The molecule has 0 atom stereocenters. The number of carbonyl (C=O) groups excluding carboxylic acids is 2. The third-order valence-corrected chi connectivity index (χ3v) is 5.60. The standard InChI is InChI=1S/C18H15N5O5S2/c1-28-14-7-2-4-11(8-14)16(25)20-17-21-22-18(30-17)29-10-15(24)19-12-5-3-6-13(9-12)23(26)27/h2-9H,10H2,1H3,(H,19,24)(H,20,21,25). The highest BCUT2D eigenvalue weighted by Crippen LogP contribution is 2.26. The van der Waals surface area contributed by atoms with E-state index in [1.165, 1.54) is 25.3 Å². The highest BCUT2D eigenvalue weighted by atomic mass is 32.2. The molecule has 1 aromatic heterocycles. The molecule has 3 rings (SSSR count). The molecule has 0 aliphatic carbocycles. The maximum absolute atomic E-state index is 12.3. The molecule has 0 aliphatic heterocycles. The molecular formula is C18H15N5O5S2. The van der Waals surface area contributed by atoms with E-state index in [0.29, 0.717) is 26.5 Å².